The molecule has 0 radical (unpaired) electrons. The van der Waals surface area contributed by atoms with Gasteiger partial charge in [-0.3, -0.25) is 14.5 Å². The first kappa shape index (κ1) is 18.0. The van der Waals surface area contributed by atoms with E-state index in [0.717, 1.165) is 42.5 Å². The number of fused-ring (bicyclic) bond motifs is 2. The minimum absolute atomic E-state index is 0.104. The lowest BCUT2D eigenvalue weighted by Crippen LogP contribution is -2.51. The molecule has 1 aliphatic heterocycles. The van der Waals surface area contributed by atoms with Crippen LogP contribution in [0.2, 0.25) is 0 Å². The number of piperazine rings is 1. The number of rotatable bonds is 4. The lowest BCUT2D eigenvalue weighted by atomic mass is 10.0. The number of hydrogen-bond donors (Lipinski definition) is 0. The van der Waals surface area contributed by atoms with Crippen molar-refractivity contribution >= 4 is 22.8 Å². The topological polar surface area (TPSA) is 57.0 Å². The van der Waals surface area contributed by atoms with Gasteiger partial charge in [0.05, 0.1) is 19.2 Å². The molecule has 0 atom stereocenters. The van der Waals surface area contributed by atoms with Crippen molar-refractivity contribution in [3.63, 3.8) is 0 Å². The second-order valence-corrected chi connectivity index (χ2v) is 7.85. The standard InChI is InChI=1S/C21H27N3O3/c1-22(2)21(26)13-23-6-8-24(9-7-23)20(25)12-17-14-27-19-11-16-5-3-4-15(16)10-18(17)19/h10-11,14H,3-9,12-13H2,1-2H3. The van der Waals surface area contributed by atoms with Crippen molar-refractivity contribution in [2.75, 3.05) is 46.8 Å². The molecule has 1 aliphatic carbocycles. The molecule has 2 aromatic rings. The Kier molecular flexibility index (Phi) is 4.91. The summed E-state index contributed by atoms with van der Waals surface area (Å²) in [5.74, 6) is 0.240. The Morgan fingerprint density at radius 3 is 2.48 bits per heavy atom. The number of carbonyl (C=O) groups excluding carboxylic acids is 2. The van der Waals surface area contributed by atoms with Crippen LogP contribution in [-0.2, 0) is 28.9 Å². The van der Waals surface area contributed by atoms with Gasteiger partial charge in [-0.15, -0.1) is 0 Å². The van der Waals surface area contributed by atoms with Gasteiger partial charge in [0.25, 0.3) is 0 Å². The Hall–Kier alpha value is -2.34. The van der Waals surface area contributed by atoms with Gasteiger partial charge in [0.2, 0.25) is 11.8 Å². The van der Waals surface area contributed by atoms with Gasteiger partial charge in [0.15, 0.2) is 0 Å². The second-order valence-electron chi connectivity index (χ2n) is 7.85. The number of furan rings is 1. The predicted octanol–water partition coefficient (Wildman–Crippen LogP) is 1.70. The fourth-order valence-corrected chi connectivity index (χ4v) is 4.05. The summed E-state index contributed by atoms with van der Waals surface area (Å²) in [5, 5.41) is 1.08. The molecule has 1 fully saturated rings. The highest BCUT2D eigenvalue weighted by Crippen LogP contribution is 2.30. The molecule has 0 N–H and O–H groups in total. The summed E-state index contributed by atoms with van der Waals surface area (Å²) in [5.41, 5.74) is 4.66. The zero-order valence-electron chi connectivity index (χ0n) is 16.2. The summed E-state index contributed by atoms with van der Waals surface area (Å²) in [4.78, 5) is 30.2. The van der Waals surface area contributed by atoms with Gasteiger partial charge < -0.3 is 14.2 Å². The van der Waals surface area contributed by atoms with E-state index >= 15 is 0 Å². The SMILES string of the molecule is CN(C)C(=O)CN1CCN(C(=O)Cc2coc3cc4c(cc23)CCC4)CC1. The number of hydrogen-bond acceptors (Lipinski definition) is 4. The first-order chi connectivity index (χ1) is 13.0. The molecule has 27 heavy (non-hydrogen) atoms. The maximum Gasteiger partial charge on any atom is 0.236 e. The summed E-state index contributed by atoms with van der Waals surface area (Å²) in [6.07, 6.45) is 5.57. The number of likely N-dealkylation sites (N-methyl/N-ethyl adjacent to an activating group) is 1. The Morgan fingerprint density at radius 2 is 1.78 bits per heavy atom. The van der Waals surface area contributed by atoms with Crippen LogP contribution in [0.1, 0.15) is 23.1 Å². The third-order valence-corrected chi connectivity index (χ3v) is 5.79. The van der Waals surface area contributed by atoms with E-state index in [1.54, 1.807) is 25.3 Å². The second kappa shape index (κ2) is 7.35. The van der Waals surface area contributed by atoms with Crippen molar-refractivity contribution in [3.8, 4) is 0 Å². The molecule has 1 aromatic heterocycles. The van der Waals surface area contributed by atoms with Gasteiger partial charge in [0.1, 0.15) is 5.58 Å². The Morgan fingerprint density at radius 1 is 1.07 bits per heavy atom. The Labute approximate surface area is 159 Å². The van der Waals surface area contributed by atoms with E-state index in [9.17, 15) is 9.59 Å². The Bertz CT molecular complexity index is 863. The van der Waals surface area contributed by atoms with E-state index in [-0.39, 0.29) is 11.8 Å². The van der Waals surface area contributed by atoms with Gasteiger partial charge in [-0.2, -0.15) is 0 Å². The van der Waals surface area contributed by atoms with Crippen molar-refractivity contribution in [2.24, 2.45) is 0 Å². The molecule has 4 rings (SSSR count). The Balaban J connectivity index is 1.38. The van der Waals surface area contributed by atoms with Crippen LogP contribution in [0.25, 0.3) is 11.0 Å². The van der Waals surface area contributed by atoms with Crippen molar-refractivity contribution in [2.45, 2.75) is 25.7 Å². The molecular formula is C21H27N3O3. The summed E-state index contributed by atoms with van der Waals surface area (Å²) in [6, 6.07) is 4.36. The zero-order chi connectivity index (χ0) is 19.0. The minimum atomic E-state index is 0.104. The van der Waals surface area contributed by atoms with Crippen LogP contribution in [0.4, 0.5) is 0 Å². The summed E-state index contributed by atoms with van der Waals surface area (Å²) < 4.78 is 5.72. The largest absolute Gasteiger partial charge is 0.464 e. The maximum absolute atomic E-state index is 12.8. The summed E-state index contributed by atoms with van der Waals surface area (Å²) in [7, 11) is 3.54. The van der Waals surface area contributed by atoms with Crippen LogP contribution in [0.5, 0.6) is 0 Å². The highest BCUT2D eigenvalue weighted by Gasteiger charge is 2.24. The molecule has 1 aromatic carbocycles. The highest BCUT2D eigenvalue weighted by atomic mass is 16.3. The van der Waals surface area contributed by atoms with Crippen molar-refractivity contribution in [1.29, 1.82) is 0 Å². The van der Waals surface area contributed by atoms with E-state index in [1.165, 1.54) is 17.5 Å². The summed E-state index contributed by atoms with van der Waals surface area (Å²) >= 11 is 0. The van der Waals surface area contributed by atoms with Gasteiger partial charge in [-0.25, -0.2) is 0 Å². The number of nitrogens with zero attached hydrogens (tertiary/aromatic N) is 3. The lowest BCUT2D eigenvalue weighted by Gasteiger charge is -2.34. The van der Waals surface area contributed by atoms with Crippen molar-refractivity contribution in [3.05, 3.63) is 35.1 Å². The maximum atomic E-state index is 12.8. The predicted molar refractivity (Wildman–Crippen MR) is 104 cm³/mol. The first-order valence-corrected chi connectivity index (χ1v) is 9.73. The molecule has 1 saturated heterocycles. The number of carbonyl (C=O) groups is 2. The van der Waals surface area contributed by atoms with E-state index < -0.39 is 0 Å². The summed E-state index contributed by atoms with van der Waals surface area (Å²) in [6.45, 7) is 3.25. The molecule has 2 aliphatic rings. The third kappa shape index (κ3) is 3.72. The molecule has 0 bridgehead atoms. The molecule has 0 saturated carbocycles. The van der Waals surface area contributed by atoms with Crippen LogP contribution < -0.4 is 0 Å². The van der Waals surface area contributed by atoms with E-state index in [0.29, 0.717) is 26.1 Å². The van der Waals surface area contributed by atoms with Gasteiger partial charge in [-0.05, 0) is 42.5 Å². The smallest absolute Gasteiger partial charge is 0.236 e. The van der Waals surface area contributed by atoms with Crippen LogP contribution in [0, 0.1) is 0 Å². The molecular weight excluding hydrogens is 342 g/mol. The van der Waals surface area contributed by atoms with Crippen LogP contribution in [0.3, 0.4) is 0 Å². The first-order valence-electron chi connectivity index (χ1n) is 9.73. The number of amides is 2. The fraction of sp³-hybridized carbons (Fsp3) is 0.524. The quantitative estimate of drug-likeness (QED) is 0.823. The number of aryl methyl sites for hydroxylation is 2. The molecule has 0 spiro atoms. The zero-order valence-corrected chi connectivity index (χ0v) is 16.2. The minimum Gasteiger partial charge on any atom is -0.464 e. The molecule has 0 unspecified atom stereocenters. The third-order valence-electron chi connectivity index (χ3n) is 5.79. The molecule has 2 amide bonds. The van der Waals surface area contributed by atoms with Crippen LogP contribution in [0.15, 0.2) is 22.8 Å². The van der Waals surface area contributed by atoms with Crippen LogP contribution >= 0.6 is 0 Å². The fourth-order valence-electron chi connectivity index (χ4n) is 4.05. The normalized spacial score (nSPS) is 17.3. The highest BCUT2D eigenvalue weighted by molar-refractivity contribution is 5.88. The van der Waals surface area contributed by atoms with Gasteiger partial charge >= 0.3 is 0 Å². The lowest BCUT2D eigenvalue weighted by molar-refractivity contribution is -0.133. The van der Waals surface area contributed by atoms with Crippen LogP contribution in [-0.4, -0.2) is 73.3 Å². The number of benzene rings is 1. The molecule has 6 nitrogen and oxygen atoms in total. The van der Waals surface area contributed by atoms with Gasteiger partial charge in [0, 0.05) is 51.2 Å². The van der Waals surface area contributed by atoms with E-state index in [4.69, 9.17) is 4.42 Å². The molecule has 2 heterocycles. The van der Waals surface area contributed by atoms with Crippen molar-refractivity contribution in [1.82, 2.24) is 14.7 Å². The van der Waals surface area contributed by atoms with Gasteiger partial charge in [-0.1, -0.05) is 0 Å². The average Bonchev–Trinajstić information content (AvgIpc) is 3.27. The van der Waals surface area contributed by atoms with E-state index in [2.05, 4.69) is 17.0 Å². The monoisotopic (exact) mass is 369 g/mol. The van der Waals surface area contributed by atoms with E-state index in [1.807, 2.05) is 4.90 Å². The molecule has 6 heteroatoms. The molecule has 144 valence electrons. The average molecular weight is 369 g/mol. The van der Waals surface area contributed by atoms with Crippen molar-refractivity contribution < 1.29 is 14.0 Å².